The summed E-state index contributed by atoms with van der Waals surface area (Å²) in [5.74, 6) is 0.254. The molecule has 0 saturated carbocycles. The number of nitrogens with one attached hydrogen (secondary N) is 2. The second-order valence-electron chi connectivity index (χ2n) is 12.3. The molecule has 8 aromatic rings. The number of fused-ring (bicyclic) bond motifs is 2. The van der Waals surface area contributed by atoms with Gasteiger partial charge in [0.25, 0.3) is 10.1 Å². The minimum Gasteiger partial charge on any atom is -0.507 e. The predicted octanol–water partition coefficient (Wildman–Crippen LogP) is 10.8. The molecule has 1 heterocycles. The molecule has 0 aliphatic rings. The maximum absolute atomic E-state index is 12.5. The minimum atomic E-state index is -4.84. The third kappa shape index (κ3) is 7.70. The van der Waals surface area contributed by atoms with Gasteiger partial charge in [-0.1, -0.05) is 66.7 Å². The molecule has 8 rings (SSSR count). The standard InChI is InChI=1S/C41H29N9O5S/c51-34-16-8-10-25-9-7-15-33(36(25)34)49-47-31-20-18-29(19-21-31)43-41-45-39(44-40(46-41)42-28-11-3-1-4-12-28)26-17-22-32-27(23-26)24-35(56(53,54)55)37(38(32)52)50-48-30-13-5-2-6-14-30/h1-24,51-52H,(H,53,54,55)(H2,42,43,44,45,46). The van der Waals surface area contributed by atoms with Crippen LogP contribution in [0.15, 0.2) is 171 Å². The first kappa shape index (κ1) is 35.4. The van der Waals surface area contributed by atoms with Gasteiger partial charge in [-0.15, -0.1) is 10.2 Å². The zero-order chi connectivity index (χ0) is 38.6. The molecule has 15 heteroatoms. The zero-order valence-electron chi connectivity index (χ0n) is 29.1. The fourth-order valence-corrected chi connectivity index (χ4v) is 6.55. The van der Waals surface area contributed by atoms with E-state index in [0.717, 1.165) is 11.1 Å². The lowest BCUT2D eigenvalue weighted by molar-refractivity contribution is 0.472. The van der Waals surface area contributed by atoms with Crippen molar-refractivity contribution in [1.82, 2.24) is 15.0 Å². The van der Waals surface area contributed by atoms with E-state index in [2.05, 4.69) is 46.0 Å². The molecule has 0 aliphatic heterocycles. The highest BCUT2D eigenvalue weighted by molar-refractivity contribution is 7.86. The molecule has 0 unspecified atom stereocenters. The molecular formula is C41H29N9O5S. The molecule has 0 radical (unpaired) electrons. The third-order valence-corrected chi connectivity index (χ3v) is 9.40. The van der Waals surface area contributed by atoms with E-state index in [0.29, 0.717) is 33.7 Å². The van der Waals surface area contributed by atoms with Crippen LogP contribution in [0.2, 0.25) is 0 Å². The van der Waals surface area contributed by atoms with E-state index in [1.165, 1.54) is 6.07 Å². The summed E-state index contributed by atoms with van der Waals surface area (Å²) in [5.41, 5.74) is 2.93. The zero-order valence-corrected chi connectivity index (χ0v) is 29.9. The number of nitrogens with zero attached hydrogens (tertiary/aromatic N) is 7. The molecule has 0 atom stereocenters. The van der Waals surface area contributed by atoms with Gasteiger partial charge in [0.15, 0.2) is 11.6 Å². The lowest BCUT2D eigenvalue weighted by atomic mass is 10.0. The van der Waals surface area contributed by atoms with Crippen molar-refractivity contribution in [3.8, 4) is 22.9 Å². The van der Waals surface area contributed by atoms with Gasteiger partial charge in [-0.2, -0.15) is 33.6 Å². The van der Waals surface area contributed by atoms with Crippen molar-refractivity contribution < 1.29 is 23.2 Å². The van der Waals surface area contributed by atoms with Crippen molar-refractivity contribution in [2.75, 3.05) is 10.6 Å². The van der Waals surface area contributed by atoms with Crippen LogP contribution in [-0.2, 0) is 10.1 Å². The lowest BCUT2D eigenvalue weighted by Gasteiger charge is -2.12. The maximum Gasteiger partial charge on any atom is 0.296 e. The van der Waals surface area contributed by atoms with E-state index in [1.807, 2.05) is 48.5 Å². The average molecular weight is 760 g/mol. The van der Waals surface area contributed by atoms with Crippen LogP contribution in [0.5, 0.6) is 11.5 Å². The van der Waals surface area contributed by atoms with E-state index in [-0.39, 0.29) is 34.2 Å². The van der Waals surface area contributed by atoms with Gasteiger partial charge in [-0.05, 0) is 89.6 Å². The van der Waals surface area contributed by atoms with E-state index in [1.54, 1.807) is 91.0 Å². The average Bonchev–Trinajstić information content (AvgIpc) is 3.20. The number of azo groups is 2. The van der Waals surface area contributed by atoms with Gasteiger partial charge in [0.1, 0.15) is 16.3 Å². The van der Waals surface area contributed by atoms with Crippen LogP contribution in [0.4, 0.5) is 46.0 Å². The van der Waals surface area contributed by atoms with Gasteiger partial charge >= 0.3 is 0 Å². The summed E-state index contributed by atoms with van der Waals surface area (Å²) in [6, 6.07) is 41.8. The smallest absolute Gasteiger partial charge is 0.296 e. The monoisotopic (exact) mass is 759 g/mol. The van der Waals surface area contributed by atoms with Crippen LogP contribution in [-0.4, -0.2) is 38.1 Å². The largest absolute Gasteiger partial charge is 0.507 e. The number of benzene rings is 7. The number of anilines is 4. The number of para-hydroxylation sites is 1. The Morgan fingerprint density at radius 1 is 0.554 bits per heavy atom. The number of rotatable bonds is 10. The van der Waals surface area contributed by atoms with Crippen molar-refractivity contribution >= 4 is 77.7 Å². The molecule has 5 N–H and O–H groups in total. The van der Waals surface area contributed by atoms with Crippen LogP contribution < -0.4 is 10.6 Å². The normalized spacial score (nSPS) is 11.8. The molecule has 0 aliphatic carbocycles. The Hall–Kier alpha value is -7.62. The maximum atomic E-state index is 12.5. The highest BCUT2D eigenvalue weighted by Gasteiger charge is 2.23. The van der Waals surface area contributed by atoms with Crippen LogP contribution >= 0.6 is 0 Å². The Morgan fingerprint density at radius 2 is 1.18 bits per heavy atom. The highest BCUT2D eigenvalue weighted by atomic mass is 32.2. The van der Waals surface area contributed by atoms with Gasteiger partial charge in [0.2, 0.25) is 11.9 Å². The first-order chi connectivity index (χ1) is 27.2. The molecule has 0 spiro atoms. The summed E-state index contributed by atoms with van der Waals surface area (Å²) in [4.78, 5) is 13.2. The summed E-state index contributed by atoms with van der Waals surface area (Å²) in [6.07, 6.45) is 0. The molecular weight excluding hydrogens is 731 g/mol. The Bertz CT molecular complexity index is 2910. The number of phenolic OH excluding ortho intramolecular Hbond substituents is 2. The van der Waals surface area contributed by atoms with Gasteiger partial charge in [-0.3, -0.25) is 4.55 Å². The van der Waals surface area contributed by atoms with E-state index >= 15 is 0 Å². The molecule has 0 bridgehead atoms. The summed E-state index contributed by atoms with van der Waals surface area (Å²) < 4.78 is 35.1. The van der Waals surface area contributed by atoms with Crippen molar-refractivity contribution in [3.05, 3.63) is 146 Å². The molecule has 1 aromatic heterocycles. The van der Waals surface area contributed by atoms with Crippen molar-refractivity contribution in [2.45, 2.75) is 4.90 Å². The summed E-state index contributed by atoms with van der Waals surface area (Å²) in [5, 5.41) is 46.7. The Kier molecular flexibility index (Phi) is 9.50. The molecule has 7 aromatic carbocycles. The SMILES string of the molecule is O=S(=O)(O)c1cc2cc(-c3nc(Nc4ccccc4)nc(Nc4ccc(N=Nc5cccc6cccc(O)c56)cc4)n3)ccc2c(O)c1N=Nc1ccccc1. The Labute approximate surface area is 319 Å². The van der Waals surface area contributed by atoms with Crippen molar-refractivity contribution in [3.63, 3.8) is 0 Å². The van der Waals surface area contributed by atoms with Gasteiger partial charge in [0, 0.05) is 22.3 Å². The Balaban J connectivity index is 1.13. The quantitative estimate of drug-likeness (QED) is 0.0658. The molecule has 274 valence electrons. The minimum absolute atomic E-state index is 0.120. The number of aromatic nitrogens is 3. The molecule has 0 amide bonds. The van der Waals surface area contributed by atoms with Gasteiger partial charge in [-0.25, -0.2) is 0 Å². The van der Waals surface area contributed by atoms with E-state index in [9.17, 15) is 23.2 Å². The van der Waals surface area contributed by atoms with Crippen LogP contribution in [0.1, 0.15) is 0 Å². The second kappa shape index (κ2) is 15.0. The van der Waals surface area contributed by atoms with E-state index in [4.69, 9.17) is 0 Å². The predicted molar refractivity (Wildman–Crippen MR) is 214 cm³/mol. The second-order valence-corrected chi connectivity index (χ2v) is 13.7. The fourth-order valence-electron chi connectivity index (χ4n) is 5.89. The van der Waals surface area contributed by atoms with Crippen molar-refractivity contribution in [1.29, 1.82) is 0 Å². The fraction of sp³-hybridized carbons (Fsp3) is 0. The summed E-state index contributed by atoms with van der Waals surface area (Å²) in [7, 11) is -4.84. The van der Waals surface area contributed by atoms with Gasteiger partial charge in [0.05, 0.1) is 22.4 Å². The topological polar surface area (TPSA) is 207 Å². The number of aromatic hydroxyl groups is 2. The third-order valence-electron chi connectivity index (χ3n) is 8.53. The summed E-state index contributed by atoms with van der Waals surface area (Å²) >= 11 is 0. The molecule has 0 saturated heterocycles. The van der Waals surface area contributed by atoms with Crippen LogP contribution in [0.25, 0.3) is 32.9 Å². The van der Waals surface area contributed by atoms with Gasteiger partial charge < -0.3 is 20.8 Å². The first-order valence-electron chi connectivity index (χ1n) is 17.0. The van der Waals surface area contributed by atoms with Crippen LogP contribution in [0, 0.1) is 0 Å². The number of phenols is 2. The van der Waals surface area contributed by atoms with Crippen molar-refractivity contribution in [2.24, 2.45) is 20.5 Å². The molecule has 14 nitrogen and oxygen atoms in total. The molecule has 0 fully saturated rings. The number of hydrogen-bond donors (Lipinski definition) is 5. The number of hydrogen-bond acceptors (Lipinski definition) is 13. The van der Waals surface area contributed by atoms with Crippen LogP contribution in [0.3, 0.4) is 0 Å². The van der Waals surface area contributed by atoms with E-state index < -0.39 is 26.5 Å². The first-order valence-corrected chi connectivity index (χ1v) is 18.4. The lowest BCUT2D eigenvalue weighted by Crippen LogP contribution is -2.05. The Morgan fingerprint density at radius 3 is 1.88 bits per heavy atom. The highest BCUT2D eigenvalue weighted by Crippen LogP contribution is 2.42. The molecule has 56 heavy (non-hydrogen) atoms. The summed E-state index contributed by atoms with van der Waals surface area (Å²) in [6.45, 7) is 0.